The summed E-state index contributed by atoms with van der Waals surface area (Å²) in [6.07, 6.45) is 0.919. The molecule has 1 fully saturated rings. The van der Waals surface area contributed by atoms with Crippen LogP contribution in [-0.2, 0) is 9.59 Å². The number of thiophene rings is 1. The number of aromatic carboxylic acids is 1. The average molecular weight is 313 g/mol. The predicted octanol–water partition coefficient (Wildman–Crippen LogP) is 2.46. The first-order chi connectivity index (χ1) is 9.43. The Morgan fingerprint density at radius 1 is 1.60 bits per heavy atom. The summed E-state index contributed by atoms with van der Waals surface area (Å²) < 4.78 is 0. The number of likely N-dealkylation sites (tertiary alicyclic amines) is 1. The number of imide groups is 1. The zero-order chi connectivity index (χ0) is 14.9. The summed E-state index contributed by atoms with van der Waals surface area (Å²) in [7, 11) is 0. The van der Waals surface area contributed by atoms with Crippen molar-refractivity contribution in [3.8, 4) is 0 Å². The standard InChI is InChI=1S/C13H15NO4S2/c1-3-7(2)14-11(15)5-9(12(14)16)20-8-4-10(13(17)18)19-6-8/h4,6-7,9H,3,5H2,1-2H3,(H,17,18). The molecule has 5 nitrogen and oxygen atoms in total. The smallest absolute Gasteiger partial charge is 0.345 e. The Kier molecular flexibility index (Phi) is 4.49. The molecule has 108 valence electrons. The highest BCUT2D eigenvalue weighted by atomic mass is 32.2. The van der Waals surface area contributed by atoms with Crippen LogP contribution < -0.4 is 0 Å². The molecule has 1 saturated heterocycles. The minimum atomic E-state index is -0.975. The maximum atomic E-state index is 12.2. The van der Waals surface area contributed by atoms with Gasteiger partial charge in [-0.1, -0.05) is 6.92 Å². The van der Waals surface area contributed by atoms with Crippen LogP contribution in [0.25, 0.3) is 0 Å². The lowest BCUT2D eigenvalue weighted by Crippen LogP contribution is -2.38. The van der Waals surface area contributed by atoms with Crippen molar-refractivity contribution in [2.75, 3.05) is 0 Å². The first-order valence-corrected chi connectivity index (χ1v) is 8.04. The number of hydrogen-bond acceptors (Lipinski definition) is 5. The second-order valence-electron chi connectivity index (χ2n) is 4.62. The largest absolute Gasteiger partial charge is 0.477 e. The van der Waals surface area contributed by atoms with Crippen molar-refractivity contribution in [1.29, 1.82) is 0 Å². The fourth-order valence-electron chi connectivity index (χ4n) is 2.02. The molecule has 1 aliphatic heterocycles. The predicted molar refractivity (Wildman–Crippen MR) is 77.1 cm³/mol. The molecule has 0 spiro atoms. The third-order valence-corrected chi connectivity index (χ3v) is 5.47. The molecule has 1 aromatic rings. The zero-order valence-corrected chi connectivity index (χ0v) is 12.8. The molecule has 0 bridgehead atoms. The highest BCUT2D eigenvalue weighted by Gasteiger charge is 2.41. The van der Waals surface area contributed by atoms with E-state index in [9.17, 15) is 14.4 Å². The quantitative estimate of drug-likeness (QED) is 0.845. The van der Waals surface area contributed by atoms with Crippen LogP contribution in [0, 0.1) is 0 Å². The van der Waals surface area contributed by atoms with E-state index >= 15 is 0 Å². The van der Waals surface area contributed by atoms with E-state index in [1.807, 2.05) is 13.8 Å². The first-order valence-electron chi connectivity index (χ1n) is 6.28. The highest BCUT2D eigenvalue weighted by Crippen LogP contribution is 2.34. The maximum absolute atomic E-state index is 12.2. The minimum absolute atomic E-state index is 0.0855. The van der Waals surface area contributed by atoms with Gasteiger partial charge in [0.15, 0.2) is 0 Å². The molecule has 1 aliphatic rings. The number of carbonyl (C=O) groups excluding carboxylic acids is 2. The minimum Gasteiger partial charge on any atom is -0.477 e. The van der Waals surface area contributed by atoms with Crippen molar-refractivity contribution < 1.29 is 19.5 Å². The zero-order valence-electron chi connectivity index (χ0n) is 11.2. The molecule has 20 heavy (non-hydrogen) atoms. The van der Waals surface area contributed by atoms with Crippen molar-refractivity contribution >= 4 is 40.9 Å². The summed E-state index contributed by atoms with van der Waals surface area (Å²) in [5, 5.41) is 10.1. The van der Waals surface area contributed by atoms with Crippen molar-refractivity contribution in [1.82, 2.24) is 4.90 Å². The molecule has 0 radical (unpaired) electrons. The van der Waals surface area contributed by atoms with Gasteiger partial charge >= 0.3 is 5.97 Å². The van der Waals surface area contributed by atoms with Crippen molar-refractivity contribution in [3.63, 3.8) is 0 Å². The monoisotopic (exact) mass is 313 g/mol. The summed E-state index contributed by atoms with van der Waals surface area (Å²) in [6.45, 7) is 3.79. The second kappa shape index (κ2) is 5.97. The molecule has 1 N–H and O–H groups in total. The SMILES string of the molecule is CCC(C)N1C(=O)CC(Sc2csc(C(=O)O)c2)C1=O. The van der Waals surface area contributed by atoms with Crippen LogP contribution in [0.3, 0.4) is 0 Å². The molecule has 2 unspecified atom stereocenters. The molecule has 2 rings (SSSR count). The lowest BCUT2D eigenvalue weighted by molar-refractivity contribution is -0.140. The molecule has 2 amide bonds. The van der Waals surface area contributed by atoms with E-state index in [0.717, 1.165) is 22.7 Å². The fourth-order valence-corrected chi connectivity index (χ4v) is 4.02. The van der Waals surface area contributed by atoms with Gasteiger partial charge < -0.3 is 5.11 Å². The normalized spacial score (nSPS) is 20.5. The first kappa shape index (κ1) is 15.1. The van der Waals surface area contributed by atoms with Crippen molar-refractivity contribution in [3.05, 3.63) is 16.3 Å². The number of nitrogens with zero attached hydrogens (tertiary/aromatic N) is 1. The molecule has 2 heterocycles. The van der Waals surface area contributed by atoms with Gasteiger partial charge in [-0.15, -0.1) is 23.1 Å². The third-order valence-electron chi connectivity index (χ3n) is 3.24. The third kappa shape index (κ3) is 2.88. The fraction of sp³-hybridized carbons (Fsp3) is 0.462. The molecule has 7 heteroatoms. The van der Waals surface area contributed by atoms with Crippen LogP contribution in [0.1, 0.15) is 36.4 Å². The Bertz CT molecular complexity index is 554. The van der Waals surface area contributed by atoms with Crippen LogP contribution in [0.4, 0.5) is 0 Å². The van der Waals surface area contributed by atoms with Gasteiger partial charge in [0.05, 0.1) is 5.25 Å². The van der Waals surface area contributed by atoms with E-state index in [1.165, 1.54) is 16.7 Å². The topological polar surface area (TPSA) is 74.7 Å². The lowest BCUT2D eigenvalue weighted by Gasteiger charge is -2.21. The summed E-state index contributed by atoms with van der Waals surface area (Å²) in [6, 6.07) is 1.46. The Labute approximate surface area is 125 Å². The van der Waals surface area contributed by atoms with E-state index in [4.69, 9.17) is 5.11 Å². The van der Waals surface area contributed by atoms with Gasteiger partial charge in [-0.25, -0.2) is 4.79 Å². The van der Waals surface area contributed by atoms with Gasteiger partial charge in [0.25, 0.3) is 0 Å². The van der Waals surface area contributed by atoms with Gasteiger partial charge in [0.2, 0.25) is 11.8 Å². The summed E-state index contributed by atoms with van der Waals surface area (Å²) in [4.78, 5) is 37.3. The number of carboxylic acid groups (broad SMARTS) is 1. The van der Waals surface area contributed by atoms with Gasteiger partial charge in [-0.05, 0) is 19.4 Å². The summed E-state index contributed by atoms with van der Waals surface area (Å²) in [5.74, 6) is -1.29. The van der Waals surface area contributed by atoms with Crippen LogP contribution in [0.15, 0.2) is 16.3 Å². The van der Waals surface area contributed by atoms with Gasteiger partial charge in [0.1, 0.15) is 4.88 Å². The van der Waals surface area contributed by atoms with Crippen molar-refractivity contribution in [2.45, 2.75) is 42.9 Å². The van der Waals surface area contributed by atoms with E-state index in [0.29, 0.717) is 0 Å². The second-order valence-corrected chi connectivity index (χ2v) is 6.81. The molecule has 2 atom stereocenters. The number of carbonyl (C=O) groups is 3. The van der Waals surface area contributed by atoms with Crippen LogP contribution >= 0.6 is 23.1 Å². The van der Waals surface area contributed by atoms with E-state index in [-0.39, 0.29) is 29.2 Å². The molecular weight excluding hydrogens is 298 g/mol. The molecule has 0 aliphatic carbocycles. The maximum Gasteiger partial charge on any atom is 0.345 e. The highest BCUT2D eigenvalue weighted by molar-refractivity contribution is 8.00. The summed E-state index contributed by atoms with van der Waals surface area (Å²) in [5.41, 5.74) is 0. The number of carboxylic acids is 1. The van der Waals surface area contributed by atoms with E-state index in [1.54, 1.807) is 11.4 Å². The lowest BCUT2D eigenvalue weighted by atomic mass is 10.2. The molecule has 1 aromatic heterocycles. The molecule has 0 aromatic carbocycles. The molecular formula is C13H15NO4S2. The Morgan fingerprint density at radius 3 is 2.85 bits per heavy atom. The number of hydrogen-bond donors (Lipinski definition) is 1. The Morgan fingerprint density at radius 2 is 2.30 bits per heavy atom. The Hall–Kier alpha value is -1.34. The number of thioether (sulfide) groups is 1. The summed E-state index contributed by atoms with van der Waals surface area (Å²) >= 11 is 2.39. The Balaban J connectivity index is 2.09. The number of rotatable bonds is 5. The van der Waals surface area contributed by atoms with Crippen molar-refractivity contribution in [2.24, 2.45) is 0 Å². The van der Waals surface area contributed by atoms with Crippen LogP contribution in [0.2, 0.25) is 0 Å². The average Bonchev–Trinajstić information content (AvgIpc) is 2.96. The molecule has 0 saturated carbocycles. The van der Waals surface area contributed by atoms with Gasteiger partial charge in [0, 0.05) is 22.7 Å². The van der Waals surface area contributed by atoms with Crippen LogP contribution in [0.5, 0.6) is 0 Å². The van der Waals surface area contributed by atoms with Gasteiger partial charge in [-0.3, -0.25) is 14.5 Å². The van der Waals surface area contributed by atoms with Crippen LogP contribution in [-0.4, -0.2) is 39.1 Å². The van der Waals surface area contributed by atoms with Gasteiger partial charge in [-0.2, -0.15) is 0 Å². The van der Waals surface area contributed by atoms with E-state index in [2.05, 4.69) is 0 Å². The number of amides is 2. The van der Waals surface area contributed by atoms with E-state index < -0.39 is 11.2 Å².